The average Bonchev–Trinajstić information content (AvgIpc) is 2.28. The molecular formula is C13H11ClN2O2. The lowest BCUT2D eigenvalue weighted by molar-refractivity contribution is 0.0990. The summed E-state index contributed by atoms with van der Waals surface area (Å²) in [5.74, 6) is 0.264. The van der Waals surface area contributed by atoms with Crippen molar-refractivity contribution in [2.24, 2.45) is 0 Å². The molecule has 0 fully saturated rings. The summed E-state index contributed by atoms with van der Waals surface area (Å²) in [6, 6.07) is 8.00. The van der Waals surface area contributed by atoms with Gasteiger partial charge in [-0.25, -0.2) is 4.98 Å². The highest BCUT2D eigenvalue weighted by molar-refractivity contribution is 6.30. The minimum Gasteiger partial charge on any atom is -0.310 e. The number of ketones is 1. The number of aryl methyl sites for hydroxylation is 1. The normalized spacial score (nSPS) is 10.3. The van der Waals surface area contributed by atoms with Crippen molar-refractivity contribution >= 4 is 17.4 Å². The van der Waals surface area contributed by atoms with Crippen molar-refractivity contribution in [3.8, 4) is 0 Å². The highest BCUT2D eigenvalue weighted by Crippen LogP contribution is 2.11. The molecule has 5 heteroatoms. The Labute approximate surface area is 109 Å². The van der Waals surface area contributed by atoms with Gasteiger partial charge in [0.1, 0.15) is 5.82 Å². The average molecular weight is 263 g/mol. The smallest absolute Gasteiger partial charge is 0.251 e. The first kappa shape index (κ1) is 12.5. The van der Waals surface area contributed by atoms with Gasteiger partial charge in [-0.05, 0) is 31.2 Å². The van der Waals surface area contributed by atoms with Gasteiger partial charge < -0.3 is 4.98 Å². The van der Waals surface area contributed by atoms with Gasteiger partial charge in [0.15, 0.2) is 5.78 Å². The number of aromatic nitrogens is 2. The maximum atomic E-state index is 11.9. The molecule has 0 radical (unpaired) electrons. The van der Waals surface area contributed by atoms with Crippen LogP contribution < -0.4 is 5.56 Å². The highest BCUT2D eigenvalue weighted by atomic mass is 35.5. The number of carbonyl (C=O) groups excluding carboxylic acids is 1. The first-order valence-electron chi connectivity index (χ1n) is 5.40. The molecule has 0 bridgehead atoms. The fourth-order valence-electron chi connectivity index (χ4n) is 1.61. The zero-order chi connectivity index (χ0) is 13.1. The molecule has 92 valence electrons. The quantitative estimate of drug-likeness (QED) is 0.862. The van der Waals surface area contributed by atoms with Crippen LogP contribution >= 0.6 is 11.6 Å². The van der Waals surface area contributed by atoms with Gasteiger partial charge in [0, 0.05) is 22.3 Å². The zero-order valence-electron chi connectivity index (χ0n) is 9.74. The van der Waals surface area contributed by atoms with Crippen LogP contribution in [0.1, 0.15) is 21.9 Å². The van der Waals surface area contributed by atoms with Gasteiger partial charge in [-0.15, -0.1) is 0 Å². The first-order valence-corrected chi connectivity index (χ1v) is 5.78. The van der Waals surface area contributed by atoms with E-state index in [-0.39, 0.29) is 17.8 Å². The fraction of sp³-hybridized carbons (Fsp3) is 0.154. The molecule has 1 N–H and O–H groups in total. The Kier molecular flexibility index (Phi) is 3.58. The van der Waals surface area contributed by atoms with Crippen molar-refractivity contribution in [3.63, 3.8) is 0 Å². The first-order chi connectivity index (χ1) is 8.54. The summed E-state index contributed by atoms with van der Waals surface area (Å²) in [5.41, 5.74) is 0.891. The Balaban J connectivity index is 2.21. The third-order valence-corrected chi connectivity index (χ3v) is 2.66. The lowest BCUT2D eigenvalue weighted by Crippen LogP contribution is -2.15. The molecule has 18 heavy (non-hydrogen) atoms. The molecule has 2 rings (SSSR count). The van der Waals surface area contributed by atoms with Gasteiger partial charge >= 0.3 is 0 Å². The van der Waals surface area contributed by atoms with Crippen molar-refractivity contribution in [2.45, 2.75) is 13.3 Å². The molecule has 4 nitrogen and oxygen atoms in total. The number of aromatic amines is 1. The summed E-state index contributed by atoms with van der Waals surface area (Å²) in [6.07, 6.45) is 0.0680. The van der Waals surface area contributed by atoms with Crippen LogP contribution in [-0.4, -0.2) is 15.8 Å². The zero-order valence-corrected chi connectivity index (χ0v) is 10.5. The summed E-state index contributed by atoms with van der Waals surface area (Å²) in [5, 5.41) is 0.577. The van der Waals surface area contributed by atoms with E-state index in [0.29, 0.717) is 22.1 Å². The van der Waals surface area contributed by atoms with E-state index >= 15 is 0 Å². The second-order valence-corrected chi connectivity index (χ2v) is 4.38. The molecule has 2 aromatic rings. The fourth-order valence-corrected chi connectivity index (χ4v) is 1.74. The molecule has 0 atom stereocenters. The van der Waals surface area contributed by atoms with E-state index in [1.54, 1.807) is 31.2 Å². The monoisotopic (exact) mass is 262 g/mol. The minimum absolute atomic E-state index is 0.0680. The molecule has 0 saturated carbocycles. The largest absolute Gasteiger partial charge is 0.310 e. The molecule has 0 aliphatic heterocycles. The SMILES string of the molecule is Cc1cc(=O)[nH]c(CC(=O)c2ccc(Cl)cc2)n1. The number of benzene rings is 1. The Morgan fingerprint density at radius 3 is 2.61 bits per heavy atom. The van der Waals surface area contributed by atoms with Gasteiger partial charge in [-0.3, -0.25) is 9.59 Å². The maximum Gasteiger partial charge on any atom is 0.251 e. The third kappa shape index (κ3) is 3.05. The number of hydrogen-bond donors (Lipinski definition) is 1. The number of nitrogens with one attached hydrogen (secondary N) is 1. The van der Waals surface area contributed by atoms with Crippen molar-refractivity contribution < 1.29 is 4.79 Å². The van der Waals surface area contributed by atoms with Gasteiger partial charge in [0.05, 0.1) is 6.42 Å². The molecule has 1 aromatic heterocycles. The van der Waals surface area contributed by atoms with E-state index in [2.05, 4.69) is 9.97 Å². The molecule has 0 saturated heterocycles. The molecule has 0 spiro atoms. The standard InChI is InChI=1S/C13H11ClN2O2/c1-8-6-13(18)16-12(15-8)7-11(17)9-2-4-10(14)5-3-9/h2-6H,7H2,1H3,(H,15,16,18). The van der Waals surface area contributed by atoms with E-state index in [4.69, 9.17) is 11.6 Å². The number of carbonyl (C=O) groups is 1. The van der Waals surface area contributed by atoms with Crippen LogP contribution in [0.15, 0.2) is 35.1 Å². The van der Waals surface area contributed by atoms with Crippen molar-refractivity contribution in [1.29, 1.82) is 0 Å². The van der Waals surface area contributed by atoms with Crippen LogP contribution in [0.4, 0.5) is 0 Å². The predicted octanol–water partition coefficient (Wildman–Crippen LogP) is 2.16. The van der Waals surface area contributed by atoms with Crippen molar-refractivity contribution in [3.05, 3.63) is 62.8 Å². The molecule has 0 aliphatic carbocycles. The van der Waals surface area contributed by atoms with E-state index < -0.39 is 0 Å². The second kappa shape index (κ2) is 5.14. The number of rotatable bonds is 3. The lowest BCUT2D eigenvalue weighted by atomic mass is 10.1. The second-order valence-electron chi connectivity index (χ2n) is 3.94. The molecule has 0 unspecified atom stereocenters. The van der Waals surface area contributed by atoms with E-state index in [0.717, 1.165) is 0 Å². The topological polar surface area (TPSA) is 62.8 Å². The Bertz CT molecular complexity index is 632. The Morgan fingerprint density at radius 1 is 1.33 bits per heavy atom. The van der Waals surface area contributed by atoms with E-state index in [1.165, 1.54) is 6.07 Å². The molecule has 0 amide bonds. The van der Waals surface area contributed by atoms with Crippen LogP contribution in [-0.2, 0) is 6.42 Å². The summed E-state index contributed by atoms with van der Waals surface area (Å²) in [7, 11) is 0. The number of halogens is 1. The van der Waals surface area contributed by atoms with Crippen molar-refractivity contribution in [1.82, 2.24) is 9.97 Å². The number of H-pyrrole nitrogens is 1. The van der Waals surface area contributed by atoms with Crippen LogP contribution in [0.2, 0.25) is 5.02 Å². The van der Waals surface area contributed by atoms with Gasteiger partial charge in [0.25, 0.3) is 5.56 Å². The summed E-state index contributed by atoms with van der Waals surface area (Å²) in [4.78, 5) is 29.9. The van der Waals surface area contributed by atoms with Crippen LogP contribution in [0.25, 0.3) is 0 Å². The van der Waals surface area contributed by atoms with Crippen LogP contribution in [0.5, 0.6) is 0 Å². The molecule has 0 aliphatic rings. The summed E-state index contributed by atoms with van der Waals surface area (Å²) < 4.78 is 0. The van der Waals surface area contributed by atoms with Crippen LogP contribution in [0.3, 0.4) is 0 Å². The maximum absolute atomic E-state index is 11.9. The predicted molar refractivity (Wildman–Crippen MR) is 69.1 cm³/mol. The minimum atomic E-state index is -0.249. The van der Waals surface area contributed by atoms with Gasteiger partial charge in [0.2, 0.25) is 0 Å². The summed E-state index contributed by atoms with van der Waals surface area (Å²) >= 11 is 5.75. The van der Waals surface area contributed by atoms with Gasteiger partial charge in [-0.2, -0.15) is 0 Å². The number of nitrogens with zero attached hydrogens (tertiary/aromatic N) is 1. The van der Waals surface area contributed by atoms with Crippen molar-refractivity contribution in [2.75, 3.05) is 0 Å². The van der Waals surface area contributed by atoms with E-state index in [9.17, 15) is 9.59 Å². The third-order valence-electron chi connectivity index (χ3n) is 2.41. The highest BCUT2D eigenvalue weighted by Gasteiger charge is 2.09. The number of Topliss-reactive ketones (excluding diaryl/α,β-unsaturated/α-hetero) is 1. The van der Waals surface area contributed by atoms with Gasteiger partial charge in [-0.1, -0.05) is 11.6 Å². The number of hydrogen-bond acceptors (Lipinski definition) is 3. The Morgan fingerprint density at radius 2 is 2.00 bits per heavy atom. The summed E-state index contributed by atoms with van der Waals surface area (Å²) in [6.45, 7) is 1.71. The molecule has 1 aromatic carbocycles. The molecular weight excluding hydrogens is 252 g/mol. The Hall–Kier alpha value is -1.94. The molecule has 1 heterocycles. The lowest BCUT2D eigenvalue weighted by Gasteiger charge is -2.02. The van der Waals surface area contributed by atoms with E-state index in [1.807, 2.05) is 0 Å². The van der Waals surface area contributed by atoms with Crippen LogP contribution in [0, 0.1) is 6.92 Å².